The van der Waals surface area contributed by atoms with Crippen molar-refractivity contribution in [1.29, 1.82) is 0 Å². The molecule has 1 rings (SSSR count). The third-order valence-corrected chi connectivity index (χ3v) is 2.52. The second kappa shape index (κ2) is 4.33. The van der Waals surface area contributed by atoms with E-state index < -0.39 is 4.84 Å². The molecule has 0 unspecified atom stereocenters. The van der Waals surface area contributed by atoms with E-state index in [0.29, 0.717) is 5.56 Å². The van der Waals surface area contributed by atoms with Gasteiger partial charge in [0.25, 0.3) is 0 Å². The van der Waals surface area contributed by atoms with E-state index in [4.69, 9.17) is 23.2 Å². The van der Waals surface area contributed by atoms with E-state index in [1.54, 1.807) is 0 Å². The first kappa shape index (κ1) is 11.5. The lowest BCUT2D eigenvalue weighted by Crippen LogP contribution is -2.12. The van der Waals surface area contributed by atoms with Crippen molar-refractivity contribution in [3.8, 4) is 0 Å². The van der Waals surface area contributed by atoms with E-state index in [0.717, 1.165) is 16.7 Å². The standard InChI is InChI=1S/C11H12Cl2O/c1-6-4-7(2)9(8(3)5-6)10(14)11(12)13/h4-5,11H,1-3H3. The van der Waals surface area contributed by atoms with E-state index in [1.807, 2.05) is 32.9 Å². The summed E-state index contributed by atoms with van der Waals surface area (Å²) in [4.78, 5) is 10.7. The largest absolute Gasteiger partial charge is 0.291 e. The Bertz CT molecular complexity index is 347. The van der Waals surface area contributed by atoms with Crippen molar-refractivity contribution >= 4 is 29.0 Å². The maximum absolute atomic E-state index is 11.6. The van der Waals surface area contributed by atoms with Crippen LogP contribution in [0.2, 0.25) is 0 Å². The molecular weight excluding hydrogens is 219 g/mol. The maximum atomic E-state index is 11.6. The highest BCUT2D eigenvalue weighted by atomic mass is 35.5. The molecule has 1 aromatic rings. The lowest BCUT2D eigenvalue weighted by atomic mass is 9.97. The molecule has 0 fully saturated rings. The molecule has 0 aromatic heterocycles. The number of carbonyl (C=O) groups excluding carboxylic acids is 1. The Morgan fingerprint density at radius 2 is 1.57 bits per heavy atom. The first-order valence-corrected chi connectivity index (χ1v) is 5.21. The summed E-state index contributed by atoms with van der Waals surface area (Å²) in [7, 11) is 0. The molecule has 0 saturated heterocycles. The van der Waals surface area contributed by atoms with Crippen LogP contribution in [0.15, 0.2) is 12.1 Å². The lowest BCUT2D eigenvalue weighted by molar-refractivity contribution is 0.101. The summed E-state index contributed by atoms with van der Waals surface area (Å²) in [5, 5.41) is 0. The topological polar surface area (TPSA) is 17.1 Å². The van der Waals surface area contributed by atoms with Crippen LogP contribution >= 0.6 is 23.2 Å². The molecule has 0 saturated carbocycles. The molecule has 0 atom stereocenters. The van der Waals surface area contributed by atoms with Gasteiger partial charge in [0, 0.05) is 5.56 Å². The van der Waals surface area contributed by atoms with E-state index in [-0.39, 0.29) is 5.78 Å². The zero-order valence-corrected chi connectivity index (χ0v) is 9.91. The van der Waals surface area contributed by atoms with Gasteiger partial charge in [0.1, 0.15) is 0 Å². The molecular formula is C11H12Cl2O. The normalized spacial score (nSPS) is 10.7. The molecule has 0 aliphatic rings. The fourth-order valence-electron chi connectivity index (χ4n) is 1.68. The van der Waals surface area contributed by atoms with Crippen LogP contribution in [0, 0.1) is 20.8 Å². The van der Waals surface area contributed by atoms with Gasteiger partial charge < -0.3 is 0 Å². The highest BCUT2D eigenvalue weighted by molar-refractivity contribution is 6.55. The fourth-order valence-corrected chi connectivity index (χ4v) is 1.90. The number of rotatable bonds is 2. The molecule has 0 amide bonds. The number of aryl methyl sites for hydroxylation is 3. The van der Waals surface area contributed by atoms with Crippen LogP contribution in [0.3, 0.4) is 0 Å². The quantitative estimate of drug-likeness (QED) is 0.561. The zero-order valence-electron chi connectivity index (χ0n) is 8.40. The Kier molecular flexibility index (Phi) is 3.57. The minimum absolute atomic E-state index is 0.219. The van der Waals surface area contributed by atoms with Gasteiger partial charge in [-0.1, -0.05) is 40.9 Å². The Balaban J connectivity index is 3.28. The summed E-state index contributed by atoms with van der Waals surface area (Å²) in [6.45, 7) is 5.78. The first-order chi connectivity index (χ1) is 6.43. The molecule has 0 aliphatic heterocycles. The number of alkyl halides is 2. The minimum Gasteiger partial charge on any atom is -0.291 e. The average Bonchev–Trinajstić information content (AvgIpc) is 2.01. The van der Waals surface area contributed by atoms with Crippen molar-refractivity contribution in [2.75, 3.05) is 0 Å². The lowest BCUT2D eigenvalue weighted by Gasteiger charge is -2.10. The van der Waals surface area contributed by atoms with Gasteiger partial charge in [0.05, 0.1) is 0 Å². The SMILES string of the molecule is Cc1cc(C)c(C(=O)C(Cl)Cl)c(C)c1. The zero-order chi connectivity index (χ0) is 10.9. The van der Waals surface area contributed by atoms with Crippen LogP contribution in [0.25, 0.3) is 0 Å². The van der Waals surface area contributed by atoms with Crippen LogP contribution in [0.1, 0.15) is 27.0 Å². The highest BCUT2D eigenvalue weighted by Gasteiger charge is 2.18. The van der Waals surface area contributed by atoms with Crippen LogP contribution in [0.5, 0.6) is 0 Å². The van der Waals surface area contributed by atoms with Gasteiger partial charge in [-0.15, -0.1) is 0 Å². The number of hydrogen-bond acceptors (Lipinski definition) is 1. The number of halogens is 2. The van der Waals surface area contributed by atoms with Gasteiger partial charge in [-0.25, -0.2) is 0 Å². The molecule has 0 aliphatic carbocycles. The van der Waals surface area contributed by atoms with Crippen molar-refractivity contribution in [3.05, 3.63) is 34.4 Å². The number of carbonyl (C=O) groups is 1. The molecule has 0 N–H and O–H groups in total. The molecule has 76 valence electrons. The van der Waals surface area contributed by atoms with Gasteiger partial charge in [0.2, 0.25) is 0 Å². The number of Topliss-reactive ketones (excluding diaryl/α,β-unsaturated/α-hetero) is 1. The minimum atomic E-state index is -0.977. The molecule has 0 radical (unpaired) electrons. The van der Waals surface area contributed by atoms with Gasteiger partial charge >= 0.3 is 0 Å². The van der Waals surface area contributed by atoms with Gasteiger partial charge in [-0.2, -0.15) is 0 Å². The van der Waals surface area contributed by atoms with Crippen molar-refractivity contribution in [2.45, 2.75) is 25.6 Å². The van der Waals surface area contributed by atoms with E-state index in [1.165, 1.54) is 0 Å². The highest BCUT2D eigenvalue weighted by Crippen LogP contribution is 2.21. The van der Waals surface area contributed by atoms with Crippen molar-refractivity contribution < 1.29 is 4.79 Å². The predicted molar refractivity (Wildman–Crippen MR) is 60.5 cm³/mol. The molecule has 0 bridgehead atoms. The van der Waals surface area contributed by atoms with Crippen molar-refractivity contribution in [2.24, 2.45) is 0 Å². The Morgan fingerprint density at radius 3 is 1.93 bits per heavy atom. The predicted octanol–water partition coefficient (Wildman–Crippen LogP) is 3.60. The number of benzene rings is 1. The average molecular weight is 231 g/mol. The van der Waals surface area contributed by atoms with Crippen LogP contribution in [-0.2, 0) is 0 Å². The summed E-state index contributed by atoms with van der Waals surface area (Å²) < 4.78 is 0. The van der Waals surface area contributed by atoms with Crippen LogP contribution in [-0.4, -0.2) is 10.6 Å². The number of hydrogen-bond donors (Lipinski definition) is 0. The third kappa shape index (κ3) is 2.28. The summed E-state index contributed by atoms with van der Waals surface area (Å²) in [5.41, 5.74) is 3.64. The monoisotopic (exact) mass is 230 g/mol. The Hall–Kier alpha value is -0.530. The smallest absolute Gasteiger partial charge is 0.196 e. The number of ketones is 1. The van der Waals surface area contributed by atoms with Crippen LogP contribution < -0.4 is 0 Å². The second-order valence-electron chi connectivity index (χ2n) is 3.44. The summed E-state index contributed by atoms with van der Waals surface area (Å²) in [6, 6.07) is 3.91. The third-order valence-electron chi connectivity index (χ3n) is 2.12. The summed E-state index contributed by atoms with van der Waals surface area (Å²) in [6.07, 6.45) is 0. The van der Waals surface area contributed by atoms with E-state index >= 15 is 0 Å². The molecule has 3 heteroatoms. The van der Waals surface area contributed by atoms with E-state index in [2.05, 4.69) is 0 Å². The maximum Gasteiger partial charge on any atom is 0.196 e. The molecule has 0 heterocycles. The first-order valence-electron chi connectivity index (χ1n) is 4.33. The Labute approximate surface area is 94.0 Å². The van der Waals surface area contributed by atoms with Gasteiger partial charge in [-0.05, 0) is 31.9 Å². The molecule has 0 spiro atoms. The Morgan fingerprint density at radius 1 is 1.14 bits per heavy atom. The van der Waals surface area contributed by atoms with E-state index in [9.17, 15) is 4.79 Å². The summed E-state index contributed by atoms with van der Waals surface area (Å²) in [5.74, 6) is -0.219. The fraction of sp³-hybridized carbons (Fsp3) is 0.364. The second-order valence-corrected chi connectivity index (χ2v) is 4.53. The molecule has 1 nitrogen and oxygen atoms in total. The van der Waals surface area contributed by atoms with Crippen LogP contribution in [0.4, 0.5) is 0 Å². The van der Waals surface area contributed by atoms with Crippen molar-refractivity contribution in [1.82, 2.24) is 0 Å². The molecule has 14 heavy (non-hydrogen) atoms. The van der Waals surface area contributed by atoms with Gasteiger partial charge in [-0.3, -0.25) is 4.79 Å². The van der Waals surface area contributed by atoms with Gasteiger partial charge in [0.15, 0.2) is 10.6 Å². The van der Waals surface area contributed by atoms with Crippen molar-refractivity contribution in [3.63, 3.8) is 0 Å². The molecule has 1 aromatic carbocycles. The summed E-state index contributed by atoms with van der Waals surface area (Å²) >= 11 is 11.1.